The van der Waals surface area contributed by atoms with Gasteiger partial charge in [-0.05, 0) is 6.92 Å². The number of hydrogen-bond acceptors (Lipinski definition) is 3. The van der Waals surface area contributed by atoms with Crippen molar-refractivity contribution in [3.63, 3.8) is 0 Å². The summed E-state index contributed by atoms with van der Waals surface area (Å²) in [6.07, 6.45) is 0. The fourth-order valence-electron chi connectivity index (χ4n) is 1.03. The summed E-state index contributed by atoms with van der Waals surface area (Å²) in [7, 11) is 0.0700. The normalized spacial score (nSPS) is 10.0. The predicted octanol–water partition coefficient (Wildman–Crippen LogP) is -1.63. The minimum Gasteiger partial charge on any atom is -0.423 e. The van der Waals surface area contributed by atoms with E-state index in [2.05, 4.69) is 0 Å². The third-order valence-electron chi connectivity index (χ3n) is 1.94. The Hall–Kier alpha value is -1.07. The molecule has 1 rings (SSSR count). The molecule has 5 heteroatoms. The third kappa shape index (κ3) is 1.42. The van der Waals surface area contributed by atoms with E-state index in [0.717, 1.165) is 0 Å². The summed E-state index contributed by atoms with van der Waals surface area (Å²) in [6.45, 7) is 1.66. The fourth-order valence-corrected chi connectivity index (χ4v) is 1.03. The van der Waals surface area contributed by atoms with E-state index in [0.29, 0.717) is 11.2 Å². The van der Waals surface area contributed by atoms with Gasteiger partial charge in [-0.1, -0.05) is 6.07 Å². The lowest BCUT2D eigenvalue weighted by atomic mass is 9.79. The average molecular weight is 167 g/mol. The Morgan fingerprint density at radius 1 is 1.42 bits per heavy atom. The van der Waals surface area contributed by atoms with Crippen molar-refractivity contribution in [1.29, 1.82) is 0 Å². The zero-order chi connectivity index (χ0) is 9.30. The van der Waals surface area contributed by atoms with Gasteiger partial charge in [0.2, 0.25) is 5.56 Å². The van der Waals surface area contributed by atoms with E-state index in [4.69, 9.17) is 10.0 Å². The van der Waals surface area contributed by atoms with Crippen LogP contribution in [0.3, 0.4) is 0 Å². The molecule has 0 aliphatic rings. The van der Waals surface area contributed by atoms with Crippen molar-refractivity contribution in [2.45, 2.75) is 6.92 Å². The molecule has 0 spiro atoms. The standard InChI is InChI=1S/C7H10BNO3/c1-5-6(8(11)12)3-4-7(10)9(5)2/h3-4,11-12H,1-2H3. The molecule has 0 saturated heterocycles. The molecule has 0 amide bonds. The van der Waals surface area contributed by atoms with Crippen molar-refractivity contribution >= 4 is 12.6 Å². The van der Waals surface area contributed by atoms with Gasteiger partial charge in [0.1, 0.15) is 0 Å². The number of aromatic nitrogens is 1. The van der Waals surface area contributed by atoms with E-state index in [1.54, 1.807) is 14.0 Å². The fraction of sp³-hybridized carbons (Fsp3) is 0.286. The average Bonchev–Trinajstić information content (AvgIpc) is 2.00. The Labute approximate surface area is 70.2 Å². The number of nitrogens with zero attached hydrogens (tertiary/aromatic N) is 1. The van der Waals surface area contributed by atoms with Crippen LogP contribution in [0.5, 0.6) is 0 Å². The van der Waals surface area contributed by atoms with E-state index in [1.165, 1.54) is 16.7 Å². The zero-order valence-corrected chi connectivity index (χ0v) is 6.98. The van der Waals surface area contributed by atoms with Gasteiger partial charge in [-0.25, -0.2) is 0 Å². The Morgan fingerprint density at radius 2 is 2.00 bits per heavy atom. The first kappa shape index (κ1) is 9.03. The summed E-state index contributed by atoms with van der Waals surface area (Å²) in [4.78, 5) is 11.0. The molecule has 64 valence electrons. The van der Waals surface area contributed by atoms with Crippen molar-refractivity contribution in [1.82, 2.24) is 4.57 Å². The van der Waals surface area contributed by atoms with Crippen molar-refractivity contribution in [2.24, 2.45) is 7.05 Å². The minimum atomic E-state index is -1.52. The highest BCUT2D eigenvalue weighted by atomic mass is 16.4. The molecule has 0 fully saturated rings. The summed E-state index contributed by atoms with van der Waals surface area (Å²) in [5.41, 5.74) is 0.770. The smallest absolute Gasteiger partial charge is 0.423 e. The second-order valence-electron chi connectivity index (χ2n) is 2.65. The van der Waals surface area contributed by atoms with Crippen molar-refractivity contribution < 1.29 is 10.0 Å². The van der Waals surface area contributed by atoms with Crippen molar-refractivity contribution in [3.05, 3.63) is 28.2 Å². The van der Waals surface area contributed by atoms with Gasteiger partial charge in [0.25, 0.3) is 0 Å². The molecule has 4 nitrogen and oxygen atoms in total. The highest BCUT2D eigenvalue weighted by Gasteiger charge is 2.15. The van der Waals surface area contributed by atoms with Crippen LogP contribution in [-0.4, -0.2) is 21.7 Å². The Kier molecular flexibility index (Phi) is 2.35. The van der Waals surface area contributed by atoms with Crippen LogP contribution in [0.1, 0.15) is 5.69 Å². The summed E-state index contributed by atoms with van der Waals surface area (Å²) >= 11 is 0. The van der Waals surface area contributed by atoms with E-state index in [-0.39, 0.29) is 5.56 Å². The summed E-state index contributed by atoms with van der Waals surface area (Å²) < 4.78 is 1.37. The monoisotopic (exact) mass is 167 g/mol. The molecule has 0 radical (unpaired) electrons. The third-order valence-corrected chi connectivity index (χ3v) is 1.94. The molecule has 0 unspecified atom stereocenters. The van der Waals surface area contributed by atoms with Crippen molar-refractivity contribution in [3.8, 4) is 0 Å². The summed E-state index contributed by atoms with van der Waals surface area (Å²) in [5, 5.41) is 17.7. The molecule has 0 saturated carbocycles. The molecule has 2 N–H and O–H groups in total. The highest BCUT2D eigenvalue weighted by Crippen LogP contribution is 1.88. The first-order valence-electron chi connectivity index (χ1n) is 3.56. The number of pyridine rings is 1. The summed E-state index contributed by atoms with van der Waals surface area (Å²) in [6, 6.07) is 2.73. The molecule has 0 bridgehead atoms. The lowest BCUT2D eigenvalue weighted by Gasteiger charge is -2.07. The lowest BCUT2D eigenvalue weighted by molar-refractivity contribution is 0.425. The van der Waals surface area contributed by atoms with Crippen LogP contribution in [0.2, 0.25) is 0 Å². The molecule has 0 aliphatic heterocycles. The Bertz CT molecular complexity index is 345. The topological polar surface area (TPSA) is 62.5 Å². The van der Waals surface area contributed by atoms with Gasteiger partial charge in [-0.15, -0.1) is 0 Å². The molecule has 1 aromatic heterocycles. The number of hydrogen-bond donors (Lipinski definition) is 2. The maximum Gasteiger partial charge on any atom is 0.490 e. The van der Waals surface area contributed by atoms with Crippen molar-refractivity contribution in [2.75, 3.05) is 0 Å². The van der Waals surface area contributed by atoms with Gasteiger partial charge in [-0.2, -0.15) is 0 Å². The molecule has 0 atom stereocenters. The van der Waals surface area contributed by atoms with E-state index in [9.17, 15) is 4.79 Å². The van der Waals surface area contributed by atoms with Gasteiger partial charge in [0, 0.05) is 24.3 Å². The summed E-state index contributed by atoms with van der Waals surface area (Å²) in [5.74, 6) is 0. The largest absolute Gasteiger partial charge is 0.490 e. The highest BCUT2D eigenvalue weighted by molar-refractivity contribution is 6.59. The van der Waals surface area contributed by atoms with Gasteiger partial charge >= 0.3 is 7.12 Å². The zero-order valence-electron chi connectivity index (χ0n) is 6.98. The number of rotatable bonds is 1. The van der Waals surface area contributed by atoms with Gasteiger partial charge < -0.3 is 14.6 Å². The quantitative estimate of drug-likeness (QED) is 0.493. The van der Waals surface area contributed by atoms with E-state index >= 15 is 0 Å². The second kappa shape index (κ2) is 3.12. The first-order valence-corrected chi connectivity index (χ1v) is 3.56. The Morgan fingerprint density at radius 3 is 2.50 bits per heavy atom. The Balaban J connectivity index is 3.36. The van der Waals surface area contributed by atoms with Crippen LogP contribution in [0, 0.1) is 6.92 Å². The van der Waals surface area contributed by atoms with E-state index in [1.807, 2.05) is 0 Å². The van der Waals surface area contributed by atoms with Crippen LogP contribution < -0.4 is 11.0 Å². The molecule has 1 heterocycles. The molecule has 0 aromatic carbocycles. The predicted molar refractivity (Wildman–Crippen MR) is 46.2 cm³/mol. The van der Waals surface area contributed by atoms with Crippen LogP contribution in [-0.2, 0) is 7.05 Å². The molecule has 1 aromatic rings. The lowest BCUT2D eigenvalue weighted by Crippen LogP contribution is -2.37. The van der Waals surface area contributed by atoms with Crippen LogP contribution in [0.15, 0.2) is 16.9 Å². The molecule has 0 aliphatic carbocycles. The van der Waals surface area contributed by atoms with Crippen LogP contribution in [0.4, 0.5) is 0 Å². The van der Waals surface area contributed by atoms with Gasteiger partial charge in [-0.3, -0.25) is 4.79 Å². The van der Waals surface area contributed by atoms with Crippen LogP contribution >= 0.6 is 0 Å². The van der Waals surface area contributed by atoms with Gasteiger partial charge in [0.05, 0.1) is 0 Å². The maximum atomic E-state index is 11.0. The van der Waals surface area contributed by atoms with Crippen LogP contribution in [0.25, 0.3) is 0 Å². The minimum absolute atomic E-state index is 0.156. The molecular formula is C7H10BNO3. The molecule has 12 heavy (non-hydrogen) atoms. The second-order valence-corrected chi connectivity index (χ2v) is 2.65. The maximum absolute atomic E-state index is 11.0. The SMILES string of the molecule is Cc1c(B(O)O)ccc(=O)n1C. The molecular weight excluding hydrogens is 157 g/mol. The first-order chi connectivity index (χ1) is 5.54. The van der Waals surface area contributed by atoms with E-state index < -0.39 is 7.12 Å². The van der Waals surface area contributed by atoms with Gasteiger partial charge in [0.15, 0.2) is 0 Å².